The van der Waals surface area contributed by atoms with Crippen LogP contribution in [0.3, 0.4) is 0 Å². The van der Waals surface area contributed by atoms with Gasteiger partial charge in [0.15, 0.2) is 0 Å². The number of benzene rings is 1. The predicted molar refractivity (Wildman–Crippen MR) is 74.3 cm³/mol. The number of hydrazine groups is 1. The Morgan fingerprint density at radius 2 is 2.11 bits per heavy atom. The summed E-state index contributed by atoms with van der Waals surface area (Å²) in [7, 11) is 0. The van der Waals surface area contributed by atoms with Gasteiger partial charge in [0, 0.05) is 22.2 Å². The van der Waals surface area contributed by atoms with E-state index in [1.54, 1.807) is 17.6 Å². The Labute approximate surface area is 109 Å². The molecule has 0 amide bonds. The molecule has 0 fully saturated rings. The number of thiophene rings is 1. The summed E-state index contributed by atoms with van der Waals surface area (Å²) in [6.45, 7) is 0. The van der Waals surface area contributed by atoms with Gasteiger partial charge in [0.2, 0.25) is 0 Å². The summed E-state index contributed by atoms with van der Waals surface area (Å²) in [5.74, 6) is 5.68. The van der Waals surface area contributed by atoms with E-state index in [-0.39, 0.29) is 6.04 Å². The SMILES string of the molecule is NNC(Cc1cccs1)c1coc2ccccc12. The van der Waals surface area contributed by atoms with Crippen molar-refractivity contribution in [1.29, 1.82) is 0 Å². The molecule has 3 rings (SSSR count). The summed E-state index contributed by atoms with van der Waals surface area (Å²) in [5.41, 5.74) is 4.90. The second-order valence-corrected chi connectivity index (χ2v) is 5.22. The van der Waals surface area contributed by atoms with Crippen LogP contribution in [0.2, 0.25) is 0 Å². The van der Waals surface area contributed by atoms with Crippen molar-refractivity contribution in [3.05, 3.63) is 58.5 Å². The van der Waals surface area contributed by atoms with E-state index in [1.165, 1.54) is 4.88 Å². The highest BCUT2D eigenvalue weighted by Gasteiger charge is 2.16. The molecule has 1 atom stereocenters. The number of nitrogens with one attached hydrogen (secondary N) is 1. The third kappa shape index (κ3) is 2.06. The van der Waals surface area contributed by atoms with Crippen molar-refractivity contribution in [3.8, 4) is 0 Å². The van der Waals surface area contributed by atoms with E-state index in [4.69, 9.17) is 10.3 Å². The number of para-hydroxylation sites is 1. The van der Waals surface area contributed by atoms with Crippen LogP contribution >= 0.6 is 11.3 Å². The molecule has 0 saturated heterocycles. The van der Waals surface area contributed by atoms with Crippen LogP contribution in [0.15, 0.2) is 52.5 Å². The monoisotopic (exact) mass is 258 g/mol. The largest absolute Gasteiger partial charge is 0.464 e. The lowest BCUT2D eigenvalue weighted by Crippen LogP contribution is -2.29. The van der Waals surface area contributed by atoms with E-state index in [0.717, 1.165) is 23.0 Å². The van der Waals surface area contributed by atoms with Gasteiger partial charge in [-0.25, -0.2) is 0 Å². The van der Waals surface area contributed by atoms with Crippen LogP contribution in [-0.4, -0.2) is 0 Å². The number of fused-ring (bicyclic) bond motifs is 1. The quantitative estimate of drug-likeness (QED) is 0.558. The van der Waals surface area contributed by atoms with Gasteiger partial charge in [-0.05, 0) is 17.5 Å². The fraction of sp³-hybridized carbons (Fsp3) is 0.143. The summed E-state index contributed by atoms with van der Waals surface area (Å²) >= 11 is 1.74. The second-order valence-electron chi connectivity index (χ2n) is 4.19. The van der Waals surface area contributed by atoms with E-state index in [9.17, 15) is 0 Å². The molecular formula is C14H14N2OS. The van der Waals surface area contributed by atoms with E-state index in [2.05, 4.69) is 29.0 Å². The van der Waals surface area contributed by atoms with Gasteiger partial charge in [-0.2, -0.15) is 0 Å². The molecule has 1 aromatic carbocycles. The van der Waals surface area contributed by atoms with Crippen LogP contribution in [0, 0.1) is 0 Å². The third-order valence-electron chi connectivity index (χ3n) is 3.07. The number of furan rings is 1. The fourth-order valence-corrected chi connectivity index (χ4v) is 2.91. The topological polar surface area (TPSA) is 51.2 Å². The lowest BCUT2D eigenvalue weighted by molar-refractivity contribution is 0.539. The van der Waals surface area contributed by atoms with Gasteiger partial charge in [-0.15, -0.1) is 11.3 Å². The summed E-state index contributed by atoms with van der Waals surface area (Å²) in [4.78, 5) is 1.31. The summed E-state index contributed by atoms with van der Waals surface area (Å²) in [6, 6.07) is 12.3. The highest BCUT2D eigenvalue weighted by molar-refractivity contribution is 7.09. The van der Waals surface area contributed by atoms with Gasteiger partial charge in [0.05, 0.1) is 12.3 Å². The molecular weight excluding hydrogens is 244 g/mol. The van der Waals surface area contributed by atoms with E-state index >= 15 is 0 Å². The Balaban J connectivity index is 1.96. The molecule has 1 unspecified atom stereocenters. The Kier molecular flexibility index (Phi) is 3.15. The van der Waals surface area contributed by atoms with Crippen molar-refractivity contribution in [2.24, 2.45) is 5.84 Å². The molecule has 4 heteroatoms. The average Bonchev–Trinajstić information content (AvgIpc) is 3.05. The van der Waals surface area contributed by atoms with Gasteiger partial charge in [0.25, 0.3) is 0 Å². The van der Waals surface area contributed by atoms with Crippen molar-refractivity contribution >= 4 is 22.3 Å². The van der Waals surface area contributed by atoms with Gasteiger partial charge >= 0.3 is 0 Å². The first-order chi connectivity index (χ1) is 8.88. The molecule has 0 spiro atoms. The summed E-state index contributed by atoms with van der Waals surface area (Å²) in [6.07, 6.45) is 2.67. The zero-order chi connectivity index (χ0) is 12.4. The van der Waals surface area contributed by atoms with E-state index in [1.807, 2.05) is 18.2 Å². The van der Waals surface area contributed by atoms with Crippen LogP contribution in [-0.2, 0) is 6.42 Å². The molecule has 3 nitrogen and oxygen atoms in total. The Bertz CT molecular complexity index is 630. The molecule has 92 valence electrons. The van der Waals surface area contributed by atoms with E-state index < -0.39 is 0 Å². The second kappa shape index (κ2) is 4.94. The van der Waals surface area contributed by atoms with Crippen LogP contribution in [0.1, 0.15) is 16.5 Å². The predicted octanol–water partition coefficient (Wildman–Crippen LogP) is 3.24. The molecule has 18 heavy (non-hydrogen) atoms. The minimum absolute atomic E-state index is 0.0762. The maximum Gasteiger partial charge on any atom is 0.134 e. The standard InChI is InChI=1S/C14H14N2OS/c15-16-13(8-10-4-3-7-18-10)12-9-17-14-6-2-1-5-11(12)14/h1-7,9,13,16H,8,15H2. The van der Waals surface area contributed by atoms with Crippen LogP contribution in [0.4, 0.5) is 0 Å². The minimum atomic E-state index is 0.0762. The first-order valence-electron chi connectivity index (χ1n) is 5.83. The van der Waals surface area contributed by atoms with Crippen molar-refractivity contribution < 1.29 is 4.42 Å². The molecule has 0 aliphatic carbocycles. The highest BCUT2D eigenvalue weighted by atomic mass is 32.1. The highest BCUT2D eigenvalue weighted by Crippen LogP contribution is 2.28. The molecule has 3 N–H and O–H groups in total. The fourth-order valence-electron chi connectivity index (χ4n) is 2.16. The average molecular weight is 258 g/mol. The first kappa shape index (κ1) is 11.5. The number of nitrogens with two attached hydrogens (primary N) is 1. The minimum Gasteiger partial charge on any atom is -0.464 e. The van der Waals surface area contributed by atoms with Gasteiger partial charge < -0.3 is 4.42 Å². The van der Waals surface area contributed by atoms with Crippen molar-refractivity contribution in [1.82, 2.24) is 5.43 Å². The summed E-state index contributed by atoms with van der Waals surface area (Å²) in [5, 5.41) is 3.20. The molecule has 0 bridgehead atoms. The molecule has 0 radical (unpaired) electrons. The number of hydrogen-bond donors (Lipinski definition) is 2. The van der Waals surface area contributed by atoms with Crippen LogP contribution < -0.4 is 11.3 Å². The normalized spacial score (nSPS) is 12.9. The van der Waals surface area contributed by atoms with Gasteiger partial charge in [-0.1, -0.05) is 24.3 Å². The molecule has 2 aromatic heterocycles. The molecule has 0 saturated carbocycles. The lowest BCUT2D eigenvalue weighted by Gasteiger charge is -2.13. The Morgan fingerprint density at radius 1 is 1.22 bits per heavy atom. The zero-order valence-electron chi connectivity index (χ0n) is 9.80. The molecule has 2 heterocycles. The Morgan fingerprint density at radius 3 is 2.89 bits per heavy atom. The third-order valence-corrected chi connectivity index (χ3v) is 3.97. The number of rotatable bonds is 4. The lowest BCUT2D eigenvalue weighted by atomic mass is 10.0. The maximum atomic E-state index is 5.68. The molecule has 0 aliphatic heterocycles. The van der Waals surface area contributed by atoms with E-state index in [0.29, 0.717) is 0 Å². The summed E-state index contributed by atoms with van der Waals surface area (Å²) < 4.78 is 5.56. The van der Waals surface area contributed by atoms with Crippen molar-refractivity contribution in [2.45, 2.75) is 12.5 Å². The smallest absolute Gasteiger partial charge is 0.134 e. The molecule has 3 aromatic rings. The maximum absolute atomic E-state index is 5.68. The van der Waals surface area contributed by atoms with Gasteiger partial charge in [0.1, 0.15) is 5.58 Å². The number of hydrogen-bond acceptors (Lipinski definition) is 4. The van der Waals surface area contributed by atoms with Crippen LogP contribution in [0.5, 0.6) is 0 Å². The zero-order valence-corrected chi connectivity index (χ0v) is 10.6. The van der Waals surface area contributed by atoms with Crippen molar-refractivity contribution in [3.63, 3.8) is 0 Å². The Hall–Kier alpha value is -1.62. The first-order valence-corrected chi connectivity index (χ1v) is 6.71. The molecule has 0 aliphatic rings. The van der Waals surface area contributed by atoms with Crippen molar-refractivity contribution in [2.75, 3.05) is 0 Å². The van der Waals surface area contributed by atoms with Gasteiger partial charge in [-0.3, -0.25) is 11.3 Å². The van der Waals surface area contributed by atoms with Crippen LogP contribution in [0.25, 0.3) is 11.0 Å².